The monoisotopic (exact) mass is 339 g/mol. The van der Waals surface area contributed by atoms with Crippen molar-refractivity contribution in [2.45, 2.75) is 20.3 Å². The van der Waals surface area contributed by atoms with Gasteiger partial charge in [0.05, 0.1) is 17.3 Å². The van der Waals surface area contributed by atoms with E-state index < -0.39 is 0 Å². The molecule has 8 nitrogen and oxygen atoms in total. The Morgan fingerprint density at radius 2 is 2.20 bits per heavy atom. The van der Waals surface area contributed by atoms with Crippen LogP contribution in [0.2, 0.25) is 0 Å². The van der Waals surface area contributed by atoms with Crippen LogP contribution in [0.3, 0.4) is 0 Å². The fraction of sp³-hybridized carbons (Fsp3) is 0.188. The molecule has 0 fully saturated rings. The van der Waals surface area contributed by atoms with Crippen molar-refractivity contribution in [1.29, 1.82) is 0 Å². The van der Waals surface area contributed by atoms with E-state index in [1.165, 1.54) is 12.4 Å². The highest BCUT2D eigenvalue weighted by Crippen LogP contribution is 2.24. The van der Waals surface area contributed by atoms with Gasteiger partial charge in [0.1, 0.15) is 12.1 Å². The molecular formula is C16H14FN7O. The number of aryl methyl sites for hydroxylation is 2. The molecule has 1 aromatic carbocycles. The molecule has 1 amide bonds. The second-order valence-corrected chi connectivity index (χ2v) is 5.69. The Labute approximate surface area is 141 Å². The minimum atomic E-state index is -0.366. The van der Waals surface area contributed by atoms with Crippen LogP contribution in [-0.4, -0.2) is 35.7 Å². The van der Waals surface area contributed by atoms with E-state index in [2.05, 4.69) is 30.6 Å². The van der Waals surface area contributed by atoms with Crippen molar-refractivity contribution in [2.75, 3.05) is 5.32 Å². The molecule has 0 aliphatic carbocycles. The number of hydrogen-bond donors (Lipinski definition) is 2. The number of H-pyrrole nitrogens is 1. The number of hydrogen-bond acceptors (Lipinski definition) is 5. The predicted molar refractivity (Wildman–Crippen MR) is 88.6 cm³/mol. The van der Waals surface area contributed by atoms with Crippen molar-refractivity contribution in [2.24, 2.45) is 0 Å². The summed E-state index contributed by atoms with van der Waals surface area (Å²) in [5.41, 5.74) is 3.10. The van der Waals surface area contributed by atoms with Crippen molar-refractivity contribution in [3.8, 4) is 0 Å². The Balaban J connectivity index is 1.78. The minimum absolute atomic E-state index is 0.0972. The summed E-state index contributed by atoms with van der Waals surface area (Å²) in [5, 5.41) is 13.7. The van der Waals surface area contributed by atoms with Crippen LogP contribution in [0.1, 0.15) is 17.0 Å². The number of fused-ring (bicyclic) bond motifs is 3. The van der Waals surface area contributed by atoms with E-state index in [1.54, 1.807) is 23.6 Å². The van der Waals surface area contributed by atoms with Crippen LogP contribution < -0.4 is 5.32 Å². The quantitative estimate of drug-likeness (QED) is 0.594. The largest absolute Gasteiger partial charge is 0.295 e. The van der Waals surface area contributed by atoms with Gasteiger partial charge in [-0.2, -0.15) is 15.2 Å². The molecule has 0 unspecified atom stereocenters. The molecule has 2 N–H and O–H groups in total. The first-order chi connectivity index (χ1) is 12.0. The van der Waals surface area contributed by atoms with Crippen LogP contribution in [-0.2, 0) is 11.2 Å². The molecule has 9 heteroatoms. The zero-order valence-corrected chi connectivity index (χ0v) is 13.5. The van der Waals surface area contributed by atoms with Crippen LogP contribution in [0.5, 0.6) is 0 Å². The minimum Gasteiger partial charge on any atom is -0.295 e. The number of rotatable bonds is 3. The van der Waals surface area contributed by atoms with Crippen LogP contribution in [0.4, 0.5) is 10.3 Å². The third-order valence-electron chi connectivity index (χ3n) is 4.10. The molecule has 0 atom stereocenters. The number of nitrogens with zero attached hydrogens (tertiary/aromatic N) is 5. The zero-order chi connectivity index (χ0) is 17.6. The molecule has 0 radical (unpaired) electrons. The summed E-state index contributed by atoms with van der Waals surface area (Å²) < 4.78 is 15.7. The van der Waals surface area contributed by atoms with Gasteiger partial charge >= 0.3 is 0 Å². The highest BCUT2D eigenvalue weighted by atomic mass is 19.1. The maximum atomic E-state index is 14.2. The third kappa shape index (κ3) is 2.49. The van der Waals surface area contributed by atoms with E-state index in [-0.39, 0.29) is 24.1 Å². The lowest BCUT2D eigenvalue weighted by atomic mass is 10.1. The molecule has 3 aromatic heterocycles. The number of nitrogens with one attached hydrogen (secondary N) is 2. The van der Waals surface area contributed by atoms with Gasteiger partial charge in [-0.3, -0.25) is 10.1 Å². The van der Waals surface area contributed by atoms with E-state index >= 15 is 0 Å². The summed E-state index contributed by atoms with van der Waals surface area (Å²) in [6.45, 7) is 3.63. The molecule has 25 heavy (non-hydrogen) atoms. The lowest BCUT2D eigenvalue weighted by Crippen LogP contribution is -2.18. The number of amides is 1. The van der Waals surface area contributed by atoms with E-state index in [0.29, 0.717) is 22.2 Å². The maximum absolute atomic E-state index is 14.2. The Hall–Kier alpha value is -3.36. The first-order valence-corrected chi connectivity index (χ1v) is 7.63. The van der Waals surface area contributed by atoms with Gasteiger partial charge in [0, 0.05) is 17.0 Å². The molecule has 0 saturated carbocycles. The average Bonchev–Trinajstić information content (AvgIpc) is 3.20. The molecule has 0 spiro atoms. The highest BCUT2D eigenvalue weighted by Gasteiger charge is 2.18. The topological polar surface area (TPSA) is 101 Å². The molecule has 4 aromatic rings. The Kier molecular flexibility index (Phi) is 3.41. The molecule has 0 aliphatic heterocycles. The van der Waals surface area contributed by atoms with E-state index in [4.69, 9.17) is 0 Å². The van der Waals surface area contributed by atoms with Crippen LogP contribution in [0.15, 0.2) is 24.5 Å². The van der Waals surface area contributed by atoms with Crippen molar-refractivity contribution in [3.05, 3.63) is 47.3 Å². The van der Waals surface area contributed by atoms with E-state index in [0.717, 1.165) is 11.3 Å². The summed E-state index contributed by atoms with van der Waals surface area (Å²) in [5.74, 6) is -0.345. The van der Waals surface area contributed by atoms with Gasteiger partial charge in [-0.05, 0) is 26.0 Å². The number of halogens is 1. The summed E-state index contributed by atoms with van der Waals surface area (Å²) in [6.07, 6.45) is 1.41. The Morgan fingerprint density at radius 1 is 1.36 bits per heavy atom. The number of carbonyl (C=O) groups excluding carboxylic acids is 1. The molecule has 4 rings (SSSR count). The van der Waals surface area contributed by atoms with Crippen molar-refractivity contribution >= 4 is 28.4 Å². The molecule has 3 heterocycles. The second-order valence-electron chi connectivity index (χ2n) is 5.69. The lowest BCUT2D eigenvalue weighted by Gasteiger charge is -2.10. The second kappa shape index (κ2) is 5.62. The fourth-order valence-corrected chi connectivity index (χ4v) is 2.89. The Bertz CT molecular complexity index is 1100. The summed E-state index contributed by atoms with van der Waals surface area (Å²) >= 11 is 0. The standard InChI is InChI=1S/C16H14FN7O/c1-8-10(6-13(25)21-16-18-7-19-22-16)9(2)24-15(20-8)14-11(17)4-3-5-12(14)23-24/h3-5,7H,6H2,1-2H3,(H2,18,19,21,22,25). The molecule has 0 saturated heterocycles. The fourth-order valence-electron chi connectivity index (χ4n) is 2.89. The SMILES string of the molecule is Cc1nc2c3c(F)cccc3nn2c(C)c1CC(=O)Nc1ncn[nH]1. The number of benzene rings is 1. The van der Waals surface area contributed by atoms with Crippen molar-refractivity contribution in [1.82, 2.24) is 29.8 Å². The molecule has 0 aliphatic rings. The molecule has 126 valence electrons. The van der Waals surface area contributed by atoms with Crippen molar-refractivity contribution in [3.63, 3.8) is 0 Å². The van der Waals surface area contributed by atoms with Crippen LogP contribution >= 0.6 is 0 Å². The van der Waals surface area contributed by atoms with Gasteiger partial charge in [0.2, 0.25) is 11.9 Å². The lowest BCUT2D eigenvalue weighted by molar-refractivity contribution is -0.115. The van der Waals surface area contributed by atoms with Gasteiger partial charge in [0.15, 0.2) is 5.65 Å². The predicted octanol–water partition coefficient (Wildman–Crippen LogP) is 1.94. The number of aromatic amines is 1. The van der Waals surface area contributed by atoms with Gasteiger partial charge in [-0.25, -0.2) is 19.0 Å². The van der Waals surface area contributed by atoms with Crippen molar-refractivity contribution < 1.29 is 9.18 Å². The first-order valence-electron chi connectivity index (χ1n) is 7.63. The van der Waals surface area contributed by atoms with E-state index in [1.807, 2.05) is 6.92 Å². The zero-order valence-electron chi connectivity index (χ0n) is 13.5. The third-order valence-corrected chi connectivity index (χ3v) is 4.10. The Morgan fingerprint density at radius 3 is 2.96 bits per heavy atom. The number of carbonyl (C=O) groups is 1. The molecular weight excluding hydrogens is 325 g/mol. The van der Waals surface area contributed by atoms with Gasteiger partial charge in [-0.15, -0.1) is 0 Å². The smallest absolute Gasteiger partial charge is 0.231 e. The van der Waals surface area contributed by atoms with Gasteiger partial charge < -0.3 is 0 Å². The normalized spacial score (nSPS) is 11.3. The number of aromatic nitrogens is 6. The van der Waals surface area contributed by atoms with Gasteiger partial charge in [0.25, 0.3) is 0 Å². The van der Waals surface area contributed by atoms with Crippen LogP contribution in [0.25, 0.3) is 16.6 Å². The summed E-state index contributed by atoms with van der Waals surface area (Å²) in [4.78, 5) is 20.6. The van der Waals surface area contributed by atoms with E-state index in [9.17, 15) is 9.18 Å². The first kappa shape index (κ1) is 15.2. The number of anilines is 1. The van der Waals surface area contributed by atoms with Gasteiger partial charge in [-0.1, -0.05) is 6.07 Å². The average molecular weight is 339 g/mol. The maximum Gasteiger partial charge on any atom is 0.231 e. The molecule has 0 bridgehead atoms. The highest BCUT2D eigenvalue weighted by molar-refractivity contribution is 5.93. The van der Waals surface area contributed by atoms with Crippen LogP contribution in [0, 0.1) is 19.7 Å². The summed E-state index contributed by atoms with van der Waals surface area (Å²) in [7, 11) is 0. The summed E-state index contributed by atoms with van der Waals surface area (Å²) in [6, 6.07) is 4.73.